The van der Waals surface area contributed by atoms with E-state index in [4.69, 9.17) is 4.74 Å². The summed E-state index contributed by atoms with van der Waals surface area (Å²) in [5, 5.41) is 0.782. The number of benzene rings is 2. The smallest absolute Gasteiger partial charge is 0.132 e. The summed E-state index contributed by atoms with van der Waals surface area (Å²) in [5.74, 6) is 1.82. The first-order valence-corrected chi connectivity index (χ1v) is 7.76. The third kappa shape index (κ3) is 3.15. The minimum Gasteiger partial charge on any atom is -0.457 e. The molecule has 0 N–H and O–H groups in total. The summed E-state index contributed by atoms with van der Waals surface area (Å²) in [6, 6.07) is 14.2. The first-order valence-electron chi connectivity index (χ1n) is 5.84. The third-order valence-electron chi connectivity index (χ3n) is 2.75. The van der Waals surface area contributed by atoms with Crippen LogP contribution in [0.3, 0.4) is 0 Å². The van der Waals surface area contributed by atoms with E-state index in [0.29, 0.717) is 0 Å². The molecule has 18 heavy (non-hydrogen) atoms. The van der Waals surface area contributed by atoms with Gasteiger partial charge in [0.05, 0.1) is 0 Å². The summed E-state index contributed by atoms with van der Waals surface area (Å²) in [6.45, 7) is 2.13. The van der Waals surface area contributed by atoms with Crippen molar-refractivity contribution >= 4 is 31.9 Å². The van der Waals surface area contributed by atoms with Crippen molar-refractivity contribution in [2.24, 2.45) is 0 Å². The number of alkyl halides is 1. The second-order valence-corrected chi connectivity index (χ2v) is 5.43. The second-order valence-electron chi connectivity index (χ2n) is 3.95. The lowest BCUT2D eigenvalue weighted by molar-refractivity contribution is 0.472. The Bertz CT molecular complexity index is 538. The van der Waals surface area contributed by atoms with Gasteiger partial charge in [0.1, 0.15) is 11.5 Å². The van der Waals surface area contributed by atoms with E-state index < -0.39 is 0 Å². The van der Waals surface area contributed by atoms with Gasteiger partial charge < -0.3 is 4.74 Å². The van der Waals surface area contributed by atoms with Gasteiger partial charge in [0.15, 0.2) is 0 Å². The van der Waals surface area contributed by atoms with Crippen LogP contribution in [0.4, 0.5) is 0 Å². The Morgan fingerprint density at radius 1 is 1.00 bits per heavy atom. The van der Waals surface area contributed by atoms with Gasteiger partial charge >= 0.3 is 0 Å². The van der Waals surface area contributed by atoms with Crippen LogP contribution in [0.25, 0.3) is 0 Å². The van der Waals surface area contributed by atoms with Crippen molar-refractivity contribution in [3.8, 4) is 11.5 Å². The molecule has 0 aromatic heterocycles. The molecule has 94 valence electrons. The van der Waals surface area contributed by atoms with Crippen LogP contribution >= 0.6 is 31.9 Å². The number of hydrogen-bond donors (Lipinski definition) is 0. The van der Waals surface area contributed by atoms with Crippen LogP contribution in [-0.4, -0.2) is 0 Å². The minimum atomic E-state index is 0.782. The highest BCUT2D eigenvalue weighted by Crippen LogP contribution is 2.31. The van der Waals surface area contributed by atoms with E-state index >= 15 is 0 Å². The summed E-state index contributed by atoms with van der Waals surface area (Å²) in [5.41, 5.74) is 2.36. The zero-order chi connectivity index (χ0) is 13.0. The molecule has 3 heteroatoms. The molecule has 0 aliphatic rings. The van der Waals surface area contributed by atoms with E-state index in [1.54, 1.807) is 0 Å². The van der Waals surface area contributed by atoms with Gasteiger partial charge in [-0.3, -0.25) is 0 Å². The lowest BCUT2D eigenvalue weighted by Gasteiger charge is -2.13. The lowest BCUT2D eigenvalue weighted by atomic mass is 10.1. The fraction of sp³-hybridized carbons (Fsp3) is 0.200. The molecule has 0 heterocycles. The average molecular weight is 370 g/mol. The van der Waals surface area contributed by atoms with Crippen LogP contribution in [0.1, 0.15) is 18.1 Å². The van der Waals surface area contributed by atoms with Crippen molar-refractivity contribution in [2.45, 2.75) is 18.7 Å². The van der Waals surface area contributed by atoms with Gasteiger partial charge in [0.25, 0.3) is 0 Å². The standard InChI is InChI=1S/C15H14Br2O/c1-2-11-5-3-4-6-14(11)18-15-9-13(17)8-7-12(15)10-16/h3-9H,2,10H2,1H3. The highest BCUT2D eigenvalue weighted by atomic mass is 79.9. The molecular formula is C15H14Br2O. The number of para-hydroxylation sites is 1. The van der Waals surface area contributed by atoms with Crippen molar-refractivity contribution in [3.63, 3.8) is 0 Å². The monoisotopic (exact) mass is 368 g/mol. The molecule has 0 aliphatic carbocycles. The predicted molar refractivity (Wildman–Crippen MR) is 82.7 cm³/mol. The number of halogens is 2. The zero-order valence-electron chi connectivity index (χ0n) is 10.1. The number of hydrogen-bond acceptors (Lipinski definition) is 1. The second kappa shape index (κ2) is 6.39. The molecule has 0 spiro atoms. The SMILES string of the molecule is CCc1ccccc1Oc1cc(Br)ccc1CBr. The largest absolute Gasteiger partial charge is 0.457 e. The molecule has 2 rings (SSSR count). The quantitative estimate of drug-likeness (QED) is 0.628. The van der Waals surface area contributed by atoms with E-state index in [0.717, 1.165) is 33.3 Å². The Balaban J connectivity index is 2.36. The number of aryl methyl sites for hydroxylation is 1. The number of rotatable bonds is 4. The van der Waals surface area contributed by atoms with Gasteiger partial charge in [-0.2, -0.15) is 0 Å². The molecule has 0 radical (unpaired) electrons. The van der Waals surface area contributed by atoms with Gasteiger partial charge in [-0.15, -0.1) is 0 Å². The fourth-order valence-corrected chi connectivity index (χ4v) is 2.55. The van der Waals surface area contributed by atoms with Gasteiger partial charge in [0.2, 0.25) is 0 Å². The number of ether oxygens (including phenoxy) is 1. The Hall–Kier alpha value is -0.800. The molecule has 0 bridgehead atoms. The highest BCUT2D eigenvalue weighted by Gasteiger charge is 2.07. The molecule has 0 fully saturated rings. The van der Waals surface area contributed by atoms with Gasteiger partial charge in [-0.1, -0.05) is 63.0 Å². The Morgan fingerprint density at radius 2 is 1.78 bits per heavy atom. The summed E-state index contributed by atoms with van der Waals surface area (Å²) >= 11 is 6.97. The van der Waals surface area contributed by atoms with E-state index in [1.165, 1.54) is 5.56 Å². The van der Waals surface area contributed by atoms with Crippen LogP contribution in [0.2, 0.25) is 0 Å². The normalized spacial score (nSPS) is 10.4. The van der Waals surface area contributed by atoms with E-state index in [9.17, 15) is 0 Å². The molecule has 0 saturated carbocycles. The van der Waals surface area contributed by atoms with Crippen LogP contribution in [0.15, 0.2) is 46.9 Å². The van der Waals surface area contributed by atoms with Gasteiger partial charge in [0, 0.05) is 15.4 Å². The third-order valence-corrected chi connectivity index (χ3v) is 3.84. The van der Waals surface area contributed by atoms with Crippen LogP contribution in [-0.2, 0) is 11.8 Å². The molecule has 0 amide bonds. The van der Waals surface area contributed by atoms with E-state index in [1.807, 2.05) is 30.3 Å². The topological polar surface area (TPSA) is 9.23 Å². The Labute approximate surface area is 124 Å². The first-order chi connectivity index (χ1) is 8.74. The maximum absolute atomic E-state index is 6.04. The highest BCUT2D eigenvalue weighted by molar-refractivity contribution is 9.10. The molecule has 1 nitrogen and oxygen atoms in total. The van der Waals surface area contributed by atoms with Crippen LogP contribution in [0.5, 0.6) is 11.5 Å². The molecule has 0 saturated heterocycles. The molecule has 0 atom stereocenters. The van der Waals surface area contributed by atoms with Crippen LogP contribution < -0.4 is 4.74 Å². The van der Waals surface area contributed by atoms with Crippen LogP contribution in [0, 0.1) is 0 Å². The van der Waals surface area contributed by atoms with Gasteiger partial charge in [-0.25, -0.2) is 0 Å². The maximum Gasteiger partial charge on any atom is 0.132 e. The first kappa shape index (κ1) is 13.6. The van der Waals surface area contributed by atoms with Gasteiger partial charge in [-0.05, 0) is 30.2 Å². The summed E-state index contributed by atoms with van der Waals surface area (Å²) in [6.07, 6.45) is 0.966. The molecule has 2 aromatic carbocycles. The molecule has 0 unspecified atom stereocenters. The molecular weight excluding hydrogens is 356 g/mol. The van der Waals surface area contributed by atoms with Crippen molar-refractivity contribution in [2.75, 3.05) is 0 Å². The summed E-state index contributed by atoms with van der Waals surface area (Å²) in [4.78, 5) is 0. The summed E-state index contributed by atoms with van der Waals surface area (Å²) < 4.78 is 7.07. The average Bonchev–Trinajstić information content (AvgIpc) is 2.40. The minimum absolute atomic E-state index is 0.782. The van der Waals surface area contributed by atoms with E-state index in [-0.39, 0.29) is 0 Å². The van der Waals surface area contributed by atoms with Crippen molar-refractivity contribution in [1.29, 1.82) is 0 Å². The van der Waals surface area contributed by atoms with Crippen molar-refractivity contribution < 1.29 is 4.74 Å². The maximum atomic E-state index is 6.04. The fourth-order valence-electron chi connectivity index (χ4n) is 1.75. The zero-order valence-corrected chi connectivity index (χ0v) is 13.3. The predicted octanol–water partition coefficient (Wildman–Crippen LogP) is 5.70. The lowest BCUT2D eigenvalue weighted by Crippen LogP contribution is -1.93. The molecule has 2 aromatic rings. The van der Waals surface area contributed by atoms with E-state index in [2.05, 4.69) is 50.9 Å². The Morgan fingerprint density at radius 3 is 2.50 bits per heavy atom. The molecule has 0 aliphatic heterocycles. The van der Waals surface area contributed by atoms with Crippen molar-refractivity contribution in [3.05, 3.63) is 58.1 Å². The van der Waals surface area contributed by atoms with Crippen molar-refractivity contribution in [1.82, 2.24) is 0 Å². The summed E-state index contributed by atoms with van der Waals surface area (Å²) in [7, 11) is 0. The Kier molecular flexibility index (Phi) is 4.84.